The summed E-state index contributed by atoms with van der Waals surface area (Å²) in [6, 6.07) is 91.7. The smallest absolute Gasteiger partial charge is 0.332 e. The third-order valence-electron chi connectivity index (χ3n) is 22.0. The topological polar surface area (TPSA) is 146 Å². The van der Waals surface area contributed by atoms with Crippen LogP contribution in [0.15, 0.2) is 279 Å². The van der Waals surface area contributed by atoms with E-state index in [1.807, 2.05) is 60.7 Å². The Labute approximate surface area is 732 Å². The van der Waals surface area contributed by atoms with Crippen molar-refractivity contribution < 1.29 is 71.1 Å². The zero-order valence-electron chi connectivity index (χ0n) is 68.7. The number of hydrogen-bond acceptors (Lipinski definition) is 15. The van der Waals surface area contributed by atoms with Gasteiger partial charge in [0.25, 0.3) is 0 Å². The van der Waals surface area contributed by atoms with Crippen LogP contribution in [0.3, 0.4) is 0 Å². The van der Waals surface area contributed by atoms with E-state index in [0.717, 1.165) is 219 Å². The van der Waals surface area contributed by atoms with Gasteiger partial charge in [0.15, 0.2) is 0 Å². The first-order valence-corrected chi connectivity index (χ1v) is 40.9. The first-order valence-electron chi connectivity index (χ1n) is 38.7. The van der Waals surface area contributed by atoms with Gasteiger partial charge in [0.1, 0.15) is 86.2 Å². The summed E-state index contributed by atoms with van der Waals surface area (Å²) in [5.74, 6) is 11.6. The molecule has 0 amide bonds. The standard InChI is InChI=1S/C36H28O4.C30H22I2O4.C30H24O4.C5H8O2.C2H6O.CH4/c1-37-26-14-9-23-12-17-31(39-3)34(29(23)20-26)36-28-16-11-25(22-7-5-4-6-8-22)19-33(28)40-32-18-13-24-10-15-27(38-2)21-30(24)35(32)36;1-33-19-8-4-16-6-10-25(35-3)27(21(16)14-19)29-23-12-18(31)13-24(32)30(23)36-26-11-7-17-5-9-20(34-2)15-22(17)28(26)29;1-31-20-12-8-18-10-14-26(33-3)28(23(18)16-20)30-22-6-4-5-7-25(22)34-27-15-11-19-9-13-21(32-2)17-24(19)29(27)30;1-4(2)5(6)7-3;1-3-2;/h4-21,36H,1-3H3;4-15,29H,1-3H3;4-17,30H,1-3H3;1H2,2-3H3;1-2H3;1H4. The van der Waals surface area contributed by atoms with Crippen LogP contribution in [0.2, 0.25) is 0 Å². The summed E-state index contributed by atoms with van der Waals surface area (Å²) < 4.78 is 82.3. The molecule has 0 saturated heterocycles. The Kier molecular flexibility index (Phi) is 26.1. The number of para-hydroxylation sites is 1. The van der Waals surface area contributed by atoms with Gasteiger partial charge in [0, 0.05) is 91.2 Å². The van der Waals surface area contributed by atoms with E-state index < -0.39 is 0 Å². The maximum atomic E-state index is 10.2. The summed E-state index contributed by atoms with van der Waals surface area (Å²) in [7, 11) is 20.0. The Balaban J connectivity index is 0.000000140. The molecule has 19 rings (SSSR count). The second kappa shape index (κ2) is 37.3. The molecule has 3 aliphatic rings. The maximum Gasteiger partial charge on any atom is 0.332 e. The molecule has 121 heavy (non-hydrogen) atoms. The van der Waals surface area contributed by atoms with Crippen molar-refractivity contribution in [1.82, 2.24) is 0 Å². The second-order valence-electron chi connectivity index (χ2n) is 28.7. The minimum atomic E-state index is -0.347. The fourth-order valence-electron chi connectivity index (χ4n) is 16.4. The van der Waals surface area contributed by atoms with E-state index >= 15 is 0 Å². The Morgan fingerprint density at radius 2 is 0.628 bits per heavy atom. The van der Waals surface area contributed by atoms with Crippen LogP contribution in [0.5, 0.6) is 86.2 Å². The number of methoxy groups -OCH3 is 11. The first-order chi connectivity index (χ1) is 58.5. The molecule has 0 saturated carbocycles. The van der Waals surface area contributed by atoms with E-state index in [0.29, 0.717) is 5.57 Å². The van der Waals surface area contributed by atoms with Crippen molar-refractivity contribution in [2.45, 2.75) is 32.1 Å². The summed E-state index contributed by atoms with van der Waals surface area (Å²) >= 11 is 4.76. The monoisotopic (exact) mass is 1830 g/mol. The minimum absolute atomic E-state index is 0. The van der Waals surface area contributed by atoms with Gasteiger partial charge >= 0.3 is 5.97 Å². The summed E-state index contributed by atoms with van der Waals surface area (Å²) in [5, 5.41) is 13.3. The normalized spacial score (nSPS) is 13.4. The van der Waals surface area contributed by atoms with Gasteiger partial charge in [-0.25, -0.2) is 4.79 Å². The molecule has 17 heteroatoms. The van der Waals surface area contributed by atoms with Crippen molar-refractivity contribution >= 4 is 116 Å². The average Bonchev–Trinajstić information content (AvgIpc) is 0.731. The lowest BCUT2D eigenvalue weighted by Crippen LogP contribution is -2.15. The van der Waals surface area contributed by atoms with Gasteiger partial charge < -0.3 is 66.3 Å². The van der Waals surface area contributed by atoms with Crippen LogP contribution in [0.1, 0.15) is 82.2 Å². The average molecular weight is 1840 g/mol. The molecule has 16 aromatic carbocycles. The van der Waals surface area contributed by atoms with Crippen LogP contribution < -0.4 is 56.8 Å². The molecule has 0 aliphatic carbocycles. The molecule has 0 spiro atoms. The molecule has 16 aromatic rings. The number of hydrogen-bond donors (Lipinski definition) is 0. The molecular weight excluding hydrogens is 1740 g/mol. The largest absolute Gasteiger partial charge is 0.497 e. The molecule has 0 fully saturated rings. The minimum Gasteiger partial charge on any atom is -0.497 e. The van der Waals surface area contributed by atoms with E-state index in [4.69, 9.17) is 56.8 Å². The van der Waals surface area contributed by atoms with Crippen LogP contribution in [-0.2, 0) is 14.3 Å². The van der Waals surface area contributed by atoms with E-state index in [9.17, 15) is 4.79 Å². The lowest BCUT2D eigenvalue weighted by atomic mass is 9.78. The Morgan fingerprint density at radius 1 is 0.306 bits per heavy atom. The molecule has 3 heterocycles. The lowest BCUT2D eigenvalue weighted by molar-refractivity contribution is -0.136. The Morgan fingerprint density at radius 3 is 0.983 bits per heavy atom. The van der Waals surface area contributed by atoms with E-state index in [2.05, 4.69) is 267 Å². The fraction of sp³-hybridized carbons (Fsp3) is 0.163. The first kappa shape index (κ1) is 84.8. The summed E-state index contributed by atoms with van der Waals surface area (Å²) in [6.07, 6.45) is 0. The van der Waals surface area contributed by atoms with Crippen molar-refractivity contribution in [1.29, 1.82) is 0 Å². The van der Waals surface area contributed by atoms with Crippen molar-refractivity contribution in [3.05, 3.63) is 336 Å². The highest BCUT2D eigenvalue weighted by Crippen LogP contribution is 2.59. The zero-order valence-corrected chi connectivity index (χ0v) is 73.0. The number of benzene rings is 16. The maximum absolute atomic E-state index is 10.2. The van der Waals surface area contributed by atoms with Gasteiger partial charge in [-0.3, -0.25) is 0 Å². The van der Waals surface area contributed by atoms with E-state index in [1.165, 1.54) is 7.11 Å². The van der Waals surface area contributed by atoms with Crippen LogP contribution in [0.4, 0.5) is 0 Å². The number of esters is 1. The van der Waals surface area contributed by atoms with Gasteiger partial charge in [0.05, 0.1) is 74.7 Å². The third kappa shape index (κ3) is 16.7. The van der Waals surface area contributed by atoms with Crippen LogP contribution in [-0.4, -0.2) is 91.3 Å². The summed E-state index contributed by atoms with van der Waals surface area (Å²) in [5.41, 5.74) is 12.5. The number of rotatable bonds is 14. The van der Waals surface area contributed by atoms with Gasteiger partial charge in [-0.2, -0.15) is 0 Å². The Bertz CT molecular complexity index is 6590. The van der Waals surface area contributed by atoms with Crippen molar-refractivity contribution in [3.63, 3.8) is 0 Å². The van der Waals surface area contributed by atoms with Gasteiger partial charge in [-0.1, -0.05) is 147 Å². The second-order valence-corrected chi connectivity index (χ2v) is 31.2. The van der Waals surface area contributed by atoms with Gasteiger partial charge in [-0.05, 0) is 261 Å². The number of carbonyl (C=O) groups is 1. The number of halogens is 2. The van der Waals surface area contributed by atoms with E-state index in [1.54, 1.807) is 85.1 Å². The van der Waals surface area contributed by atoms with Crippen molar-refractivity contribution in [2.75, 3.05) is 85.3 Å². The molecule has 15 nitrogen and oxygen atoms in total. The third-order valence-corrected chi connectivity index (χ3v) is 23.4. The van der Waals surface area contributed by atoms with Crippen LogP contribution in [0, 0.1) is 7.14 Å². The van der Waals surface area contributed by atoms with Crippen LogP contribution in [0.25, 0.3) is 75.8 Å². The SMILES string of the molecule is C.C=C(C)C(=O)OC.COC.COc1ccc2ccc(OC)c(C3c4cc(I)cc(I)c4Oc4ccc5ccc(OC)cc5c43)c2c1.COc1ccc2ccc(OC)c(C3c4ccc(-c5ccccc5)cc4Oc4ccc5ccc(OC)cc5c43)c2c1.COc1ccc2ccc(OC)c(C3c4ccccc4Oc4ccc5ccc(OC)cc5c43)c2c1. The molecule has 612 valence electrons. The summed E-state index contributed by atoms with van der Waals surface area (Å²) in [6.45, 7) is 4.95. The zero-order chi connectivity index (χ0) is 84.0. The fourth-order valence-corrected chi connectivity index (χ4v) is 18.4. The molecule has 0 aromatic heterocycles. The summed E-state index contributed by atoms with van der Waals surface area (Å²) in [4.78, 5) is 10.2. The molecule has 0 N–H and O–H groups in total. The van der Waals surface area contributed by atoms with Crippen molar-refractivity contribution in [3.8, 4) is 97.4 Å². The van der Waals surface area contributed by atoms with Gasteiger partial charge in [0.2, 0.25) is 0 Å². The quantitative estimate of drug-likeness (QED) is 0.0577. The number of ether oxygens (including phenoxy) is 14. The predicted molar refractivity (Wildman–Crippen MR) is 502 cm³/mol. The molecule has 0 bridgehead atoms. The van der Waals surface area contributed by atoms with Gasteiger partial charge in [-0.15, -0.1) is 0 Å². The van der Waals surface area contributed by atoms with Crippen molar-refractivity contribution in [2.24, 2.45) is 0 Å². The lowest BCUT2D eigenvalue weighted by Gasteiger charge is -2.32. The molecule has 3 aliphatic heterocycles. The number of carbonyl (C=O) groups excluding carboxylic acids is 1. The van der Waals surface area contributed by atoms with E-state index in [-0.39, 0.29) is 31.1 Å². The highest BCUT2D eigenvalue weighted by atomic mass is 127. The molecule has 3 atom stereocenters. The highest BCUT2D eigenvalue weighted by molar-refractivity contribution is 14.1. The molecule has 0 radical (unpaired) electrons. The molecular formula is C104H92I2O15. The molecule has 3 unspecified atom stereocenters. The number of fused-ring (bicyclic) bond motifs is 15. The highest BCUT2D eigenvalue weighted by Gasteiger charge is 2.39. The van der Waals surface area contributed by atoms with Crippen LogP contribution >= 0.6 is 45.2 Å². The Hall–Kier alpha value is -12.7. The predicted octanol–water partition coefficient (Wildman–Crippen LogP) is 26.4.